The summed E-state index contributed by atoms with van der Waals surface area (Å²) in [6, 6.07) is 54.7. The highest BCUT2D eigenvalue weighted by atomic mass is 32.2. The number of anilines is 4. The molecule has 4 fully saturated rings. The Kier molecular flexibility index (Phi) is 27.7. The average Bonchev–Trinajstić information content (AvgIpc) is 1.59. The van der Waals surface area contributed by atoms with Crippen LogP contribution < -0.4 is 49.2 Å². The standard InChI is InChI=1S/C96H96N9O10S5/c1-5-55-114-88(107)23-12-10-8-6-7-9-11-13-56-113-76-18-14-17-68(58-76)27-26-67-32-40-75(41-33-67)105-81-21-15-19-77(81)79-59-69(34-42-83(79)105)61-85-91(109)103(93(118-85)89-92(110)99(3)95(116)120-89)63-87(106)98-64(2)101-51-46-72(47-52-101)71-44-49-100(50-45-71)53-48-97-115-57-54-102-90(108)86(119-96(102)117)62-70-35-43-84-80(60-70)78-20-16-22-82(78)104(84)74-38-30-66(31-39-74)25-24-65-28-36-73(37-29-65)94(111)112-4/h14,17-18,24-47,49-52,58-62,64,77-78,81-82,97H,6-13,15-16,19-23,48,53-54,56-57,63H2,1-4H3/q+1/p+1/b25-24+,27-26+,85-61+,86-62+,93-89+. The molecule has 5 unspecified atom stereocenters. The maximum absolute atomic E-state index is 14.7. The molecule has 614 valence electrons. The number of hydrogen-bond acceptors (Lipinski definition) is 18. The van der Waals surface area contributed by atoms with Gasteiger partial charge in [0.05, 0.1) is 48.4 Å². The molecule has 15 rings (SSSR count). The smallest absolute Gasteiger partial charge is 0.337 e. The van der Waals surface area contributed by atoms with Crippen LogP contribution in [0.15, 0.2) is 192 Å². The molecule has 7 heterocycles. The van der Waals surface area contributed by atoms with E-state index in [0.29, 0.717) is 89.8 Å². The third kappa shape index (κ3) is 19.9. The Bertz CT molecular complexity index is 5700. The summed E-state index contributed by atoms with van der Waals surface area (Å²) in [5.41, 5.74) is 18.5. The molecule has 9 aromatic rings. The van der Waals surface area contributed by atoms with Crippen molar-refractivity contribution in [2.24, 2.45) is 0 Å². The molecule has 2 saturated carbocycles. The molecule has 2 aliphatic carbocycles. The van der Waals surface area contributed by atoms with Gasteiger partial charge in [0.25, 0.3) is 17.4 Å². The lowest BCUT2D eigenvalue weighted by molar-refractivity contribution is -0.723. The summed E-state index contributed by atoms with van der Waals surface area (Å²) in [5.74, 6) is 2.74. The highest BCUT2D eigenvalue weighted by molar-refractivity contribution is 8.30. The fourth-order valence-electron chi connectivity index (χ4n) is 16.9. The summed E-state index contributed by atoms with van der Waals surface area (Å²) in [4.78, 5) is 94.5. The van der Waals surface area contributed by atoms with E-state index in [0.717, 1.165) is 150 Å². The zero-order valence-corrected chi connectivity index (χ0v) is 71.9. The van der Waals surface area contributed by atoms with Gasteiger partial charge >= 0.3 is 11.9 Å². The fourth-order valence-corrected chi connectivity index (χ4v) is 20.6. The summed E-state index contributed by atoms with van der Waals surface area (Å²) >= 11 is 14.9. The number of carbonyl (C=O) groups is 5. The SMILES string of the molecule is CC#COC(=O)CCCCCCCCCCOc1cccc(/C=C/c2ccc(N3c4ccc(/C=c5/s/c(=C6/SC(=S)N(C)C6=O)n(CC(=O)NC(C)[n+]6ccc(-c7cc[n+](CCNOCCN8C(=O)/C(=C\c9ccc%10c(c9)C9CCCC9N%10c9ccc(/C=C/c%10ccc(C(=O)OC)cc%10)cc9)SC8=S)cc7)cc6)c5=O)cc4C4CCCC43)cc2)c1. The predicted molar refractivity (Wildman–Crippen MR) is 486 cm³/mol. The van der Waals surface area contributed by atoms with E-state index in [1.807, 2.05) is 103 Å². The molecule has 4 aliphatic heterocycles. The van der Waals surface area contributed by atoms with Crippen molar-refractivity contribution in [3.8, 4) is 28.9 Å². The van der Waals surface area contributed by atoms with Gasteiger partial charge in [0.2, 0.25) is 12.1 Å². The molecule has 6 aromatic carbocycles. The summed E-state index contributed by atoms with van der Waals surface area (Å²) in [7, 11) is 3.00. The number of esters is 2. The molecule has 3 aromatic heterocycles. The van der Waals surface area contributed by atoms with Crippen LogP contribution in [-0.2, 0) is 46.6 Å². The maximum atomic E-state index is 14.7. The highest BCUT2D eigenvalue weighted by Crippen LogP contribution is 2.54. The lowest BCUT2D eigenvalue weighted by Crippen LogP contribution is -2.49. The number of hydroxylamine groups is 1. The molecule has 19 nitrogen and oxygen atoms in total. The van der Waals surface area contributed by atoms with Gasteiger partial charge in [-0.1, -0.05) is 190 Å². The Labute approximate surface area is 723 Å². The van der Waals surface area contributed by atoms with E-state index in [9.17, 15) is 28.8 Å². The topological polar surface area (TPSA) is 189 Å². The maximum Gasteiger partial charge on any atom is 0.337 e. The van der Waals surface area contributed by atoms with Crippen LogP contribution in [-0.4, -0.2) is 105 Å². The quantitative estimate of drug-likeness (QED) is 0.00577. The van der Waals surface area contributed by atoms with E-state index in [2.05, 4.69) is 152 Å². The molecule has 0 radical (unpaired) electrons. The number of fused-ring (bicyclic) bond motifs is 6. The summed E-state index contributed by atoms with van der Waals surface area (Å²) in [5, 5.41) is 3.08. The molecular formula is C96H97N9O10S5+2. The van der Waals surface area contributed by atoms with Gasteiger partial charge in [-0.15, -0.1) is 11.3 Å². The van der Waals surface area contributed by atoms with Crippen LogP contribution in [0.4, 0.5) is 22.7 Å². The number of thiazole rings is 1. The molecule has 6 aliphatic rings. The minimum absolute atomic E-state index is 0.125. The van der Waals surface area contributed by atoms with Crippen molar-refractivity contribution in [1.29, 1.82) is 0 Å². The Hall–Kier alpha value is -10.9. The number of carbonyl (C=O) groups excluding carboxylic acids is 5. The molecule has 120 heavy (non-hydrogen) atoms. The van der Waals surface area contributed by atoms with Gasteiger partial charge in [-0.25, -0.2) is 9.36 Å². The lowest BCUT2D eigenvalue weighted by atomic mass is 9.96. The fraction of sp³-hybridized carbons (Fsp3) is 0.312. The van der Waals surface area contributed by atoms with Crippen LogP contribution in [0.1, 0.15) is 183 Å². The van der Waals surface area contributed by atoms with Gasteiger partial charge in [0.1, 0.15) is 36.6 Å². The van der Waals surface area contributed by atoms with Gasteiger partial charge in [0.15, 0.2) is 31.3 Å². The normalized spacial score (nSPS) is 18.4. The molecule has 24 heteroatoms. The lowest BCUT2D eigenvalue weighted by Gasteiger charge is -2.27. The molecule has 5 atom stereocenters. The Balaban J connectivity index is 0.508. The number of benzene rings is 6. The second-order valence-corrected chi connectivity index (χ2v) is 35.3. The minimum Gasteiger partial charge on any atom is -0.494 e. The number of nitrogens with zero attached hydrogens (tertiary/aromatic N) is 7. The first-order chi connectivity index (χ1) is 58.5. The predicted octanol–water partition coefficient (Wildman–Crippen LogP) is 16.5. The molecule has 0 bridgehead atoms. The Morgan fingerprint density at radius 1 is 0.625 bits per heavy atom. The summed E-state index contributed by atoms with van der Waals surface area (Å²) < 4.78 is 22.8. The number of pyridine rings is 2. The average molecular weight is 1700 g/mol. The largest absolute Gasteiger partial charge is 0.494 e. The van der Waals surface area contributed by atoms with Crippen LogP contribution >= 0.6 is 59.3 Å². The van der Waals surface area contributed by atoms with Gasteiger partial charge in [-0.3, -0.25) is 48.5 Å². The zero-order chi connectivity index (χ0) is 83.2. The summed E-state index contributed by atoms with van der Waals surface area (Å²) in [6.45, 7) is 5.61. The number of hydrogen-bond donors (Lipinski definition) is 2. The second kappa shape index (κ2) is 39.5. The number of rotatable bonds is 33. The Morgan fingerprint density at radius 2 is 1.20 bits per heavy atom. The molecule has 2 N–H and O–H groups in total. The van der Waals surface area contributed by atoms with Crippen LogP contribution in [0.3, 0.4) is 0 Å². The van der Waals surface area contributed by atoms with Crippen molar-refractivity contribution in [3.05, 3.63) is 257 Å². The second-order valence-electron chi connectivity index (χ2n) is 30.9. The third-order valence-electron chi connectivity index (χ3n) is 23.0. The van der Waals surface area contributed by atoms with Crippen molar-refractivity contribution in [2.45, 2.75) is 153 Å². The first-order valence-corrected chi connectivity index (χ1v) is 44.6. The highest BCUT2D eigenvalue weighted by Gasteiger charge is 2.44. The van der Waals surface area contributed by atoms with Crippen molar-refractivity contribution >= 4 is 162 Å². The summed E-state index contributed by atoms with van der Waals surface area (Å²) in [6.07, 6.45) is 37.7. The van der Waals surface area contributed by atoms with Crippen LogP contribution in [0.25, 0.3) is 52.5 Å². The minimum atomic E-state index is -0.483. The molecular weight excluding hydrogens is 1600 g/mol. The molecule has 2 saturated heterocycles. The monoisotopic (exact) mass is 1700 g/mol. The van der Waals surface area contributed by atoms with Gasteiger partial charge < -0.3 is 24.0 Å². The number of unbranched alkanes of at least 4 members (excludes halogenated alkanes) is 7. The van der Waals surface area contributed by atoms with E-state index < -0.39 is 12.1 Å². The van der Waals surface area contributed by atoms with Crippen molar-refractivity contribution in [2.75, 3.05) is 50.3 Å². The van der Waals surface area contributed by atoms with Crippen LogP contribution in [0.5, 0.6) is 5.75 Å². The number of ether oxygens (including phenoxy) is 3. The molecule has 3 amide bonds. The van der Waals surface area contributed by atoms with E-state index in [-0.39, 0.29) is 42.5 Å². The Morgan fingerprint density at radius 3 is 1.80 bits per heavy atom. The number of nitrogens with one attached hydrogen (secondary N) is 2. The first kappa shape index (κ1) is 84.2. The van der Waals surface area contributed by atoms with Crippen molar-refractivity contribution in [1.82, 2.24) is 25.2 Å². The van der Waals surface area contributed by atoms with Crippen LogP contribution in [0, 0.1) is 12.0 Å². The van der Waals surface area contributed by atoms with Crippen LogP contribution in [0.2, 0.25) is 0 Å². The van der Waals surface area contributed by atoms with Crippen molar-refractivity contribution < 1.29 is 52.2 Å². The van der Waals surface area contributed by atoms with E-state index in [1.54, 1.807) is 31.0 Å². The van der Waals surface area contributed by atoms with E-state index >= 15 is 0 Å². The van der Waals surface area contributed by atoms with Crippen molar-refractivity contribution in [3.63, 3.8) is 0 Å². The zero-order valence-electron chi connectivity index (χ0n) is 67.8. The number of thioether (sulfide) groups is 2. The van der Waals surface area contributed by atoms with Gasteiger partial charge in [-0.2, -0.15) is 10.0 Å². The van der Waals surface area contributed by atoms with Gasteiger partial charge in [0, 0.05) is 98.3 Å². The van der Waals surface area contributed by atoms with E-state index in [4.69, 9.17) is 43.5 Å². The molecule has 0 spiro atoms. The van der Waals surface area contributed by atoms with E-state index in [1.165, 1.54) is 75.8 Å². The number of amides is 3. The third-order valence-corrected chi connectivity index (χ3v) is 27.2. The number of thiocarbonyl (C=S) groups is 2. The van der Waals surface area contributed by atoms with Gasteiger partial charge in [-0.05, 0) is 179 Å². The first-order valence-electron chi connectivity index (χ1n) is 41.3. The number of methoxy groups -OCH3 is 1. The number of aromatic nitrogens is 3.